The Hall–Kier alpha value is -2.88. The highest BCUT2D eigenvalue weighted by atomic mass is 35.5. The number of aryl methyl sites for hydroxylation is 1. The van der Waals surface area contributed by atoms with Crippen LogP contribution in [0.15, 0.2) is 72.3 Å². The highest BCUT2D eigenvalue weighted by Gasteiger charge is 2.15. The largest absolute Gasteiger partial charge is 0.322 e. The van der Waals surface area contributed by atoms with Crippen molar-refractivity contribution in [2.45, 2.75) is 32.1 Å². The van der Waals surface area contributed by atoms with Gasteiger partial charge in [-0.1, -0.05) is 53.6 Å². The Labute approximate surface area is 201 Å². The van der Waals surface area contributed by atoms with Gasteiger partial charge in [-0.15, -0.1) is 0 Å². The minimum absolute atomic E-state index is 0.0877. The number of halogens is 1. The van der Waals surface area contributed by atoms with E-state index in [1.807, 2.05) is 54.6 Å². The molecule has 0 spiro atoms. The van der Waals surface area contributed by atoms with E-state index in [1.54, 1.807) is 5.57 Å². The lowest BCUT2D eigenvalue weighted by atomic mass is 9.90. The molecule has 1 aliphatic heterocycles. The van der Waals surface area contributed by atoms with Crippen LogP contribution in [0.1, 0.15) is 47.2 Å². The first-order chi connectivity index (χ1) is 16.1. The van der Waals surface area contributed by atoms with Crippen molar-refractivity contribution in [3.05, 3.63) is 94.0 Å². The Morgan fingerprint density at radius 1 is 0.879 bits per heavy atom. The van der Waals surface area contributed by atoms with E-state index in [0.29, 0.717) is 10.6 Å². The van der Waals surface area contributed by atoms with E-state index in [2.05, 4.69) is 28.4 Å². The topological polar surface area (TPSA) is 32.3 Å². The number of carbonyl (C=O) groups is 1. The van der Waals surface area contributed by atoms with Crippen LogP contribution in [0.3, 0.4) is 0 Å². The number of benzene rings is 3. The molecule has 33 heavy (non-hydrogen) atoms. The third-order valence-corrected chi connectivity index (χ3v) is 7.00. The molecule has 0 saturated carbocycles. The molecule has 0 aromatic heterocycles. The van der Waals surface area contributed by atoms with Gasteiger partial charge in [0, 0.05) is 22.8 Å². The van der Waals surface area contributed by atoms with Crippen LogP contribution in [0.5, 0.6) is 0 Å². The van der Waals surface area contributed by atoms with E-state index < -0.39 is 0 Å². The van der Waals surface area contributed by atoms with Crippen molar-refractivity contribution in [2.75, 3.05) is 25.0 Å². The molecule has 4 heteroatoms. The molecule has 1 heterocycles. The van der Waals surface area contributed by atoms with Gasteiger partial charge in [-0.2, -0.15) is 0 Å². The average molecular weight is 457 g/mol. The van der Waals surface area contributed by atoms with Gasteiger partial charge >= 0.3 is 0 Å². The summed E-state index contributed by atoms with van der Waals surface area (Å²) in [6, 6.07) is 21.7. The Morgan fingerprint density at radius 2 is 1.58 bits per heavy atom. The van der Waals surface area contributed by atoms with Crippen LogP contribution in [-0.4, -0.2) is 30.4 Å². The molecule has 1 aliphatic carbocycles. The van der Waals surface area contributed by atoms with E-state index in [9.17, 15) is 4.79 Å². The summed E-state index contributed by atoms with van der Waals surface area (Å²) < 4.78 is 0. The number of fused-ring (bicyclic) bond motifs is 1. The number of nitrogens with one attached hydrogen (secondary N) is 1. The second-order valence-corrected chi connectivity index (χ2v) is 9.49. The number of hydrogen-bond donors (Lipinski definition) is 1. The summed E-state index contributed by atoms with van der Waals surface area (Å²) in [5, 5.41) is 3.78. The van der Waals surface area contributed by atoms with Crippen molar-refractivity contribution < 1.29 is 4.79 Å². The van der Waals surface area contributed by atoms with Gasteiger partial charge in [-0.05, 0) is 104 Å². The third kappa shape index (κ3) is 5.38. The monoisotopic (exact) mass is 456 g/mol. The van der Waals surface area contributed by atoms with Crippen molar-refractivity contribution in [1.82, 2.24) is 4.90 Å². The number of rotatable bonds is 6. The van der Waals surface area contributed by atoms with Crippen LogP contribution in [0.2, 0.25) is 5.02 Å². The summed E-state index contributed by atoms with van der Waals surface area (Å²) in [6.07, 6.45) is 8.39. The van der Waals surface area contributed by atoms with Crippen LogP contribution >= 0.6 is 11.6 Å². The maximum atomic E-state index is 12.8. The number of amides is 1. The first kappa shape index (κ1) is 21.9. The van der Waals surface area contributed by atoms with Gasteiger partial charge in [0.1, 0.15) is 0 Å². The highest BCUT2D eigenvalue weighted by Crippen LogP contribution is 2.29. The molecule has 3 aromatic carbocycles. The van der Waals surface area contributed by atoms with Crippen molar-refractivity contribution in [2.24, 2.45) is 0 Å². The van der Waals surface area contributed by atoms with Gasteiger partial charge in [0.15, 0.2) is 0 Å². The van der Waals surface area contributed by atoms with Crippen molar-refractivity contribution in [3.63, 3.8) is 0 Å². The van der Waals surface area contributed by atoms with E-state index in [-0.39, 0.29) is 5.91 Å². The first-order valence-corrected chi connectivity index (χ1v) is 12.2. The predicted molar refractivity (Wildman–Crippen MR) is 138 cm³/mol. The lowest BCUT2D eigenvalue weighted by Crippen LogP contribution is -2.21. The molecule has 0 atom stereocenters. The molecule has 3 aromatic rings. The zero-order valence-corrected chi connectivity index (χ0v) is 19.6. The normalized spacial score (nSPS) is 15.7. The smallest absolute Gasteiger partial charge is 0.255 e. The van der Waals surface area contributed by atoms with Gasteiger partial charge in [0.2, 0.25) is 0 Å². The lowest BCUT2D eigenvalue weighted by molar-refractivity contribution is 0.102. The maximum Gasteiger partial charge on any atom is 0.255 e. The molecule has 168 valence electrons. The number of likely N-dealkylation sites (tertiary alicyclic amines) is 1. The number of hydrogen-bond acceptors (Lipinski definition) is 2. The van der Waals surface area contributed by atoms with Gasteiger partial charge in [-0.3, -0.25) is 4.79 Å². The van der Waals surface area contributed by atoms with Crippen LogP contribution in [0.25, 0.3) is 17.2 Å². The van der Waals surface area contributed by atoms with Crippen LogP contribution in [-0.2, 0) is 6.42 Å². The number of anilines is 1. The lowest BCUT2D eigenvalue weighted by Gasteiger charge is -2.20. The average Bonchev–Trinajstić information content (AvgIpc) is 3.37. The minimum atomic E-state index is -0.0877. The third-order valence-electron chi connectivity index (χ3n) is 6.75. The molecule has 1 amide bonds. The first-order valence-electron chi connectivity index (χ1n) is 11.9. The SMILES string of the molecule is O=C(Nc1ccc2c(c1)CCC(CCN1CCCC1)=C2)c1ccc(-c2ccc(Cl)cc2)cc1. The zero-order valence-electron chi connectivity index (χ0n) is 18.8. The minimum Gasteiger partial charge on any atom is -0.322 e. The molecule has 0 unspecified atom stereocenters. The quantitative estimate of drug-likeness (QED) is 0.430. The summed E-state index contributed by atoms with van der Waals surface area (Å²) in [5.41, 5.74) is 7.80. The zero-order chi connectivity index (χ0) is 22.6. The molecular formula is C29H29ClN2O. The Balaban J connectivity index is 1.22. The van der Waals surface area contributed by atoms with Gasteiger partial charge in [-0.25, -0.2) is 0 Å². The van der Waals surface area contributed by atoms with Crippen molar-refractivity contribution in [3.8, 4) is 11.1 Å². The molecule has 0 bridgehead atoms. The van der Waals surface area contributed by atoms with Crippen molar-refractivity contribution >= 4 is 29.3 Å². The maximum absolute atomic E-state index is 12.8. The summed E-state index contributed by atoms with van der Waals surface area (Å²) in [7, 11) is 0. The second-order valence-electron chi connectivity index (χ2n) is 9.05. The second kappa shape index (κ2) is 9.94. The van der Waals surface area contributed by atoms with E-state index in [0.717, 1.165) is 29.7 Å². The molecule has 0 radical (unpaired) electrons. The predicted octanol–water partition coefficient (Wildman–Crippen LogP) is 7.07. The van der Waals surface area contributed by atoms with E-state index in [4.69, 9.17) is 11.6 Å². The molecule has 1 saturated heterocycles. The summed E-state index contributed by atoms with van der Waals surface area (Å²) in [5.74, 6) is -0.0877. The molecular weight excluding hydrogens is 428 g/mol. The van der Waals surface area contributed by atoms with Crippen molar-refractivity contribution in [1.29, 1.82) is 0 Å². The summed E-state index contributed by atoms with van der Waals surface area (Å²) in [6.45, 7) is 3.71. The van der Waals surface area contributed by atoms with E-state index in [1.165, 1.54) is 50.0 Å². The fourth-order valence-electron chi connectivity index (χ4n) is 4.79. The molecule has 1 N–H and O–H groups in total. The fourth-order valence-corrected chi connectivity index (χ4v) is 4.92. The van der Waals surface area contributed by atoms with E-state index >= 15 is 0 Å². The Kier molecular flexibility index (Phi) is 6.61. The number of carbonyl (C=O) groups excluding carboxylic acids is 1. The van der Waals surface area contributed by atoms with Gasteiger partial charge in [0.25, 0.3) is 5.91 Å². The molecule has 1 fully saturated rings. The van der Waals surface area contributed by atoms with Crippen LogP contribution in [0, 0.1) is 0 Å². The van der Waals surface area contributed by atoms with Crippen LogP contribution in [0.4, 0.5) is 5.69 Å². The molecule has 5 rings (SSSR count). The Bertz CT molecular complexity index is 1160. The van der Waals surface area contributed by atoms with Gasteiger partial charge in [0.05, 0.1) is 0 Å². The summed E-state index contributed by atoms with van der Waals surface area (Å²) in [4.78, 5) is 15.4. The Morgan fingerprint density at radius 3 is 2.30 bits per heavy atom. The standard InChI is InChI=1S/C29H29ClN2O/c30-27-12-9-23(10-13-27)22-5-7-24(8-6-22)29(33)31-28-14-11-25-19-21(3-4-26(25)20-28)15-18-32-16-1-2-17-32/h5-14,19-20H,1-4,15-18H2,(H,31,33). The summed E-state index contributed by atoms with van der Waals surface area (Å²) >= 11 is 5.97. The number of nitrogens with zero attached hydrogens (tertiary/aromatic N) is 1. The highest BCUT2D eigenvalue weighted by molar-refractivity contribution is 6.30. The van der Waals surface area contributed by atoms with Gasteiger partial charge < -0.3 is 10.2 Å². The molecule has 3 nitrogen and oxygen atoms in total. The fraction of sp³-hybridized carbons (Fsp3) is 0.276. The van der Waals surface area contributed by atoms with Crippen LogP contribution < -0.4 is 5.32 Å². The molecule has 2 aliphatic rings.